The molecule has 0 saturated heterocycles. The van der Waals surface area contributed by atoms with Gasteiger partial charge in [0.25, 0.3) is 0 Å². The summed E-state index contributed by atoms with van der Waals surface area (Å²) in [7, 11) is 3.36. The fourth-order valence-corrected chi connectivity index (χ4v) is 3.45. The first-order valence-corrected chi connectivity index (χ1v) is 9.37. The molecule has 0 aliphatic heterocycles. The van der Waals surface area contributed by atoms with Crippen molar-refractivity contribution in [2.75, 3.05) is 32.7 Å². The van der Waals surface area contributed by atoms with Gasteiger partial charge in [0.1, 0.15) is 11.6 Å². The first-order valence-electron chi connectivity index (χ1n) is 8.55. The average molecular weight is 386 g/mol. The van der Waals surface area contributed by atoms with E-state index < -0.39 is 0 Å². The van der Waals surface area contributed by atoms with E-state index in [-0.39, 0.29) is 12.1 Å². The first kappa shape index (κ1) is 19.1. The molecule has 0 radical (unpaired) electrons. The van der Waals surface area contributed by atoms with Gasteiger partial charge in [0, 0.05) is 20.2 Å². The topological polar surface area (TPSA) is 76.6 Å². The molecule has 0 saturated carbocycles. The van der Waals surface area contributed by atoms with Gasteiger partial charge in [0.2, 0.25) is 5.88 Å². The van der Waals surface area contributed by atoms with Crippen LogP contribution in [0.2, 0.25) is 0 Å². The van der Waals surface area contributed by atoms with Gasteiger partial charge in [-0.25, -0.2) is 14.8 Å². The van der Waals surface area contributed by atoms with Gasteiger partial charge in [-0.15, -0.1) is 11.3 Å². The lowest BCUT2D eigenvalue weighted by molar-refractivity contribution is 0.144. The number of benzene rings is 1. The number of nitrogens with one attached hydrogen (secondary N) is 1. The van der Waals surface area contributed by atoms with Crippen LogP contribution in [0, 0.1) is 0 Å². The van der Waals surface area contributed by atoms with Gasteiger partial charge in [-0.05, 0) is 25.1 Å². The predicted molar refractivity (Wildman–Crippen MR) is 106 cm³/mol. The van der Waals surface area contributed by atoms with Gasteiger partial charge in [-0.1, -0.05) is 12.1 Å². The van der Waals surface area contributed by atoms with Crippen molar-refractivity contribution >= 4 is 33.3 Å². The number of methoxy groups -OCH3 is 1. The molecule has 142 valence electrons. The molecule has 1 unspecified atom stereocenters. The predicted octanol–water partition coefficient (Wildman–Crippen LogP) is 3.94. The number of carbonyl (C=O) groups excluding carboxylic acids is 1. The molecule has 1 atom stereocenters. The second-order valence-electron chi connectivity index (χ2n) is 5.96. The molecule has 8 heteroatoms. The zero-order valence-corrected chi connectivity index (χ0v) is 16.3. The monoisotopic (exact) mass is 386 g/mol. The van der Waals surface area contributed by atoms with Crippen molar-refractivity contribution in [2.45, 2.75) is 13.0 Å². The Morgan fingerprint density at radius 3 is 2.78 bits per heavy atom. The summed E-state index contributed by atoms with van der Waals surface area (Å²) in [5.41, 5.74) is 1.55. The Morgan fingerprint density at radius 1 is 1.26 bits per heavy atom. The Bertz CT molecular complexity index is 864. The van der Waals surface area contributed by atoms with Crippen LogP contribution in [0.5, 0.6) is 5.88 Å². The molecule has 0 bridgehead atoms. The molecule has 3 aromatic rings. The summed E-state index contributed by atoms with van der Waals surface area (Å²) in [6, 6.07) is 11.0. The number of hydrogen-bond acceptors (Lipinski definition) is 6. The van der Waals surface area contributed by atoms with Gasteiger partial charge in [-0.3, -0.25) is 0 Å². The van der Waals surface area contributed by atoms with Crippen molar-refractivity contribution in [1.29, 1.82) is 0 Å². The number of fused-ring (bicyclic) bond motifs is 1. The molecule has 0 spiro atoms. The van der Waals surface area contributed by atoms with E-state index in [0.717, 1.165) is 15.2 Å². The lowest BCUT2D eigenvalue weighted by Crippen LogP contribution is -2.33. The number of pyridine rings is 1. The van der Waals surface area contributed by atoms with Crippen LogP contribution in [0.15, 0.2) is 42.6 Å². The third-order valence-electron chi connectivity index (χ3n) is 4.09. The highest BCUT2D eigenvalue weighted by atomic mass is 32.1. The minimum atomic E-state index is -0.225. The summed E-state index contributed by atoms with van der Waals surface area (Å²) in [6.45, 7) is 2.88. The van der Waals surface area contributed by atoms with Crippen LogP contribution in [0.3, 0.4) is 0 Å². The summed E-state index contributed by atoms with van der Waals surface area (Å²) in [6.07, 6.45) is 1.57. The Balaban J connectivity index is 1.61. The zero-order chi connectivity index (χ0) is 19.2. The lowest BCUT2D eigenvalue weighted by atomic mass is 10.3. The molecular formula is C19H22N4O3S. The highest BCUT2D eigenvalue weighted by Gasteiger charge is 2.20. The third kappa shape index (κ3) is 4.72. The van der Waals surface area contributed by atoms with Crippen LogP contribution < -0.4 is 10.1 Å². The summed E-state index contributed by atoms with van der Waals surface area (Å²) in [5.74, 6) is 0.487. The number of para-hydroxylation sites is 1. The maximum atomic E-state index is 12.6. The number of amides is 2. The molecule has 7 nitrogen and oxygen atoms in total. The van der Waals surface area contributed by atoms with E-state index in [1.165, 1.54) is 0 Å². The van der Waals surface area contributed by atoms with Crippen molar-refractivity contribution in [3.8, 4) is 5.88 Å². The van der Waals surface area contributed by atoms with Crippen LogP contribution in [0.1, 0.15) is 18.0 Å². The molecule has 2 heterocycles. The Labute approximate surface area is 162 Å². The van der Waals surface area contributed by atoms with Gasteiger partial charge >= 0.3 is 6.03 Å². The standard InChI is InChI=1S/C19H22N4O3S/c1-13(18-22-15-6-4-5-7-16(15)27-18)23(2)19(24)21-14-8-9-17(20-12-14)26-11-10-25-3/h4-9,12-13H,10-11H2,1-3H3,(H,21,24). The second-order valence-corrected chi connectivity index (χ2v) is 7.03. The summed E-state index contributed by atoms with van der Waals surface area (Å²) in [4.78, 5) is 23.0. The SMILES string of the molecule is COCCOc1ccc(NC(=O)N(C)C(C)c2nc3ccccc3s2)cn1. The first-order chi connectivity index (χ1) is 13.1. The molecule has 0 fully saturated rings. The number of nitrogens with zero attached hydrogens (tertiary/aromatic N) is 3. The van der Waals surface area contributed by atoms with E-state index in [4.69, 9.17) is 9.47 Å². The maximum Gasteiger partial charge on any atom is 0.322 e. The minimum Gasteiger partial charge on any atom is -0.475 e. The fourth-order valence-electron chi connectivity index (χ4n) is 2.39. The molecule has 0 aliphatic rings. The van der Waals surface area contributed by atoms with E-state index in [9.17, 15) is 4.79 Å². The summed E-state index contributed by atoms with van der Waals surface area (Å²) in [5, 5.41) is 3.74. The quantitative estimate of drug-likeness (QED) is 0.623. The van der Waals surface area contributed by atoms with Crippen LogP contribution in [-0.2, 0) is 4.74 Å². The van der Waals surface area contributed by atoms with Crippen molar-refractivity contribution in [1.82, 2.24) is 14.9 Å². The molecule has 2 aromatic heterocycles. The van der Waals surface area contributed by atoms with Crippen LogP contribution in [0.25, 0.3) is 10.2 Å². The smallest absolute Gasteiger partial charge is 0.322 e. The molecular weight excluding hydrogens is 364 g/mol. The van der Waals surface area contributed by atoms with Gasteiger partial charge < -0.3 is 19.7 Å². The molecule has 2 amide bonds. The number of thiazole rings is 1. The fraction of sp³-hybridized carbons (Fsp3) is 0.316. The number of aromatic nitrogens is 2. The maximum absolute atomic E-state index is 12.6. The van der Waals surface area contributed by atoms with Crippen LogP contribution >= 0.6 is 11.3 Å². The molecule has 0 aliphatic carbocycles. The number of ether oxygens (including phenoxy) is 2. The van der Waals surface area contributed by atoms with Crippen LogP contribution in [0.4, 0.5) is 10.5 Å². The average Bonchev–Trinajstić information content (AvgIpc) is 3.12. The second kappa shape index (κ2) is 8.79. The highest BCUT2D eigenvalue weighted by molar-refractivity contribution is 7.18. The Morgan fingerprint density at radius 2 is 2.07 bits per heavy atom. The summed E-state index contributed by atoms with van der Waals surface area (Å²) >= 11 is 1.60. The molecule has 3 rings (SSSR count). The zero-order valence-electron chi connectivity index (χ0n) is 15.5. The summed E-state index contributed by atoms with van der Waals surface area (Å²) < 4.78 is 11.4. The van der Waals surface area contributed by atoms with Gasteiger partial charge in [0.05, 0.1) is 34.7 Å². The number of hydrogen-bond donors (Lipinski definition) is 1. The van der Waals surface area contributed by atoms with Crippen molar-refractivity contribution < 1.29 is 14.3 Å². The van der Waals surface area contributed by atoms with E-state index in [2.05, 4.69) is 15.3 Å². The van der Waals surface area contributed by atoms with E-state index in [1.54, 1.807) is 48.7 Å². The largest absolute Gasteiger partial charge is 0.475 e. The number of urea groups is 1. The van der Waals surface area contributed by atoms with E-state index in [0.29, 0.717) is 24.8 Å². The molecule has 27 heavy (non-hydrogen) atoms. The number of anilines is 1. The third-order valence-corrected chi connectivity index (χ3v) is 5.30. The molecule has 1 N–H and O–H groups in total. The van der Waals surface area contributed by atoms with E-state index in [1.807, 2.05) is 31.2 Å². The van der Waals surface area contributed by atoms with Crippen molar-refractivity contribution in [3.63, 3.8) is 0 Å². The van der Waals surface area contributed by atoms with Crippen molar-refractivity contribution in [2.24, 2.45) is 0 Å². The molecule has 1 aromatic carbocycles. The van der Waals surface area contributed by atoms with Crippen molar-refractivity contribution in [3.05, 3.63) is 47.6 Å². The Kier molecular flexibility index (Phi) is 6.20. The lowest BCUT2D eigenvalue weighted by Gasteiger charge is -2.23. The normalized spacial score (nSPS) is 12.0. The van der Waals surface area contributed by atoms with Gasteiger partial charge in [0.15, 0.2) is 0 Å². The number of rotatable bonds is 7. The van der Waals surface area contributed by atoms with Crippen LogP contribution in [-0.4, -0.2) is 48.3 Å². The van der Waals surface area contributed by atoms with E-state index >= 15 is 0 Å². The minimum absolute atomic E-state index is 0.146. The highest BCUT2D eigenvalue weighted by Crippen LogP contribution is 2.29. The van der Waals surface area contributed by atoms with Gasteiger partial charge in [-0.2, -0.15) is 0 Å². The number of carbonyl (C=O) groups is 1. The Hall–Kier alpha value is -2.71.